The van der Waals surface area contributed by atoms with Crippen molar-refractivity contribution in [3.8, 4) is 0 Å². The van der Waals surface area contributed by atoms with E-state index in [1.54, 1.807) is 26.0 Å². The number of pyridine rings is 1. The number of hydrogen-bond donors (Lipinski definition) is 3. The standard InChI is InChI=1S/C19H23N5O2S/c1-12(2)16-7-5-6-8-17(16)21-18-10-9-15(11-20-18)24-27(25,26)19-13(3)22-23-14(19)4/h5-12,24H,1-4H3,(H,20,21)(H,22,23). The molecule has 3 aromatic rings. The van der Waals surface area contributed by atoms with Crippen LogP contribution in [0.15, 0.2) is 47.5 Å². The highest BCUT2D eigenvalue weighted by molar-refractivity contribution is 7.92. The van der Waals surface area contributed by atoms with E-state index < -0.39 is 10.0 Å². The first-order valence-corrected chi connectivity index (χ1v) is 10.1. The summed E-state index contributed by atoms with van der Waals surface area (Å²) in [6, 6.07) is 11.5. The molecule has 2 heterocycles. The predicted octanol–water partition coefficient (Wildman–Crippen LogP) is 4.09. The van der Waals surface area contributed by atoms with Crippen molar-refractivity contribution < 1.29 is 8.42 Å². The number of aromatic nitrogens is 3. The molecule has 0 atom stereocenters. The Balaban J connectivity index is 1.79. The number of sulfonamides is 1. The van der Waals surface area contributed by atoms with Crippen LogP contribution in [0.5, 0.6) is 0 Å². The lowest BCUT2D eigenvalue weighted by molar-refractivity contribution is 0.600. The summed E-state index contributed by atoms with van der Waals surface area (Å²) in [5, 5.41) is 9.91. The smallest absolute Gasteiger partial charge is 0.265 e. The second-order valence-electron chi connectivity index (χ2n) is 6.67. The van der Waals surface area contributed by atoms with Gasteiger partial charge < -0.3 is 5.32 Å². The Morgan fingerprint density at radius 2 is 1.81 bits per heavy atom. The van der Waals surface area contributed by atoms with E-state index in [9.17, 15) is 8.42 Å². The number of nitrogens with one attached hydrogen (secondary N) is 3. The number of anilines is 3. The van der Waals surface area contributed by atoms with Crippen LogP contribution in [0.3, 0.4) is 0 Å². The van der Waals surface area contributed by atoms with Gasteiger partial charge in [-0.25, -0.2) is 13.4 Å². The molecule has 3 rings (SSSR count). The molecule has 2 aromatic heterocycles. The Labute approximate surface area is 159 Å². The molecule has 0 saturated heterocycles. The molecule has 0 aliphatic carbocycles. The van der Waals surface area contributed by atoms with Gasteiger partial charge in [0.25, 0.3) is 10.0 Å². The fourth-order valence-electron chi connectivity index (χ4n) is 2.92. The van der Waals surface area contributed by atoms with E-state index in [-0.39, 0.29) is 4.90 Å². The lowest BCUT2D eigenvalue weighted by atomic mass is 10.0. The van der Waals surface area contributed by atoms with Crippen molar-refractivity contribution >= 4 is 27.2 Å². The SMILES string of the molecule is Cc1n[nH]c(C)c1S(=O)(=O)Nc1ccc(Nc2ccccc2C(C)C)nc1. The lowest BCUT2D eigenvalue weighted by Crippen LogP contribution is -2.14. The first kappa shape index (κ1) is 18.9. The molecule has 7 nitrogen and oxygen atoms in total. The maximum atomic E-state index is 12.6. The monoisotopic (exact) mass is 385 g/mol. The third-order valence-corrected chi connectivity index (χ3v) is 5.83. The second-order valence-corrected chi connectivity index (χ2v) is 8.29. The summed E-state index contributed by atoms with van der Waals surface area (Å²) in [5.74, 6) is 1.02. The first-order valence-electron chi connectivity index (χ1n) is 8.64. The van der Waals surface area contributed by atoms with Gasteiger partial charge in [0, 0.05) is 5.69 Å². The largest absolute Gasteiger partial charge is 0.340 e. The Morgan fingerprint density at radius 3 is 2.41 bits per heavy atom. The highest BCUT2D eigenvalue weighted by Gasteiger charge is 2.22. The molecule has 142 valence electrons. The summed E-state index contributed by atoms with van der Waals surface area (Å²) < 4.78 is 27.7. The second kappa shape index (κ2) is 7.40. The van der Waals surface area contributed by atoms with Crippen LogP contribution in [0.25, 0.3) is 0 Å². The molecule has 0 spiro atoms. The molecule has 1 aromatic carbocycles. The summed E-state index contributed by atoms with van der Waals surface area (Å²) in [4.78, 5) is 4.49. The van der Waals surface area contributed by atoms with Crippen molar-refractivity contribution in [3.63, 3.8) is 0 Å². The van der Waals surface area contributed by atoms with Crippen molar-refractivity contribution in [1.82, 2.24) is 15.2 Å². The molecular weight excluding hydrogens is 362 g/mol. The summed E-state index contributed by atoms with van der Waals surface area (Å²) in [6.45, 7) is 7.58. The average molecular weight is 385 g/mol. The van der Waals surface area contributed by atoms with Gasteiger partial charge in [-0.2, -0.15) is 5.10 Å². The molecule has 0 unspecified atom stereocenters. The maximum absolute atomic E-state index is 12.6. The van der Waals surface area contributed by atoms with Gasteiger partial charge in [-0.1, -0.05) is 32.0 Å². The van der Waals surface area contributed by atoms with Gasteiger partial charge in [0.05, 0.1) is 23.3 Å². The van der Waals surface area contributed by atoms with Crippen LogP contribution in [0.2, 0.25) is 0 Å². The number of nitrogens with zero attached hydrogens (tertiary/aromatic N) is 2. The number of hydrogen-bond acceptors (Lipinski definition) is 5. The summed E-state index contributed by atoms with van der Waals surface area (Å²) >= 11 is 0. The van der Waals surface area contributed by atoms with Crippen LogP contribution in [0.4, 0.5) is 17.2 Å². The van der Waals surface area contributed by atoms with Crippen LogP contribution >= 0.6 is 0 Å². The van der Waals surface area contributed by atoms with Crippen molar-refractivity contribution in [1.29, 1.82) is 0 Å². The maximum Gasteiger partial charge on any atom is 0.265 e. The van der Waals surface area contributed by atoms with E-state index in [0.717, 1.165) is 5.69 Å². The zero-order valence-corrected chi connectivity index (χ0v) is 16.6. The normalized spacial score (nSPS) is 11.6. The summed E-state index contributed by atoms with van der Waals surface area (Å²) in [5.41, 5.74) is 3.48. The third kappa shape index (κ3) is 4.11. The summed E-state index contributed by atoms with van der Waals surface area (Å²) in [7, 11) is -3.73. The van der Waals surface area contributed by atoms with Gasteiger partial charge in [0.2, 0.25) is 0 Å². The van der Waals surface area contributed by atoms with E-state index >= 15 is 0 Å². The minimum absolute atomic E-state index is 0.163. The molecule has 0 fully saturated rings. The Hall–Kier alpha value is -2.87. The highest BCUT2D eigenvalue weighted by Crippen LogP contribution is 2.27. The van der Waals surface area contributed by atoms with Crippen LogP contribution in [-0.2, 0) is 10.0 Å². The van der Waals surface area contributed by atoms with Crippen LogP contribution in [0, 0.1) is 13.8 Å². The van der Waals surface area contributed by atoms with Crippen LogP contribution in [0.1, 0.15) is 36.7 Å². The van der Waals surface area contributed by atoms with Crippen molar-refractivity contribution in [2.24, 2.45) is 0 Å². The topological polar surface area (TPSA) is 99.8 Å². The number of benzene rings is 1. The number of aromatic amines is 1. The molecule has 0 bridgehead atoms. The van der Waals surface area contributed by atoms with Crippen LogP contribution in [-0.4, -0.2) is 23.6 Å². The van der Waals surface area contributed by atoms with E-state index in [1.165, 1.54) is 11.8 Å². The van der Waals surface area contributed by atoms with Crippen molar-refractivity contribution in [2.45, 2.75) is 38.5 Å². The summed E-state index contributed by atoms with van der Waals surface area (Å²) in [6.07, 6.45) is 1.49. The van der Waals surface area contributed by atoms with E-state index in [0.29, 0.717) is 28.8 Å². The molecule has 3 N–H and O–H groups in total. The molecule has 27 heavy (non-hydrogen) atoms. The fraction of sp³-hybridized carbons (Fsp3) is 0.263. The predicted molar refractivity (Wildman–Crippen MR) is 107 cm³/mol. The van der Waals surface area contributed by atoms with Gasteiger partial charge in [-0.3, -0.25) is 9.82 Å². The number of para-hydroxylation sites is 1. The molecule has 0 amide bonds. The minimum Gasteiger partial charge on any atom is -0.340 e. The molecule has 8 heteroatoms. The van der Waals surface area contributed by atoms with Gasteiger partial charge in [-0.05, 0) is 43.5 Å². The quantitative estimate of drug-likeness (QED) is 0.593. The molecule has 0 radical (unpaired) electrons. The molecule has 0 aliphatic rings. The number of H-pyrrole nitrogens is 1. The van der Waals surface area contributed by atoms with Gasteiger partial charge in [0.15, 0.2) is 0 Å². The Bertz CT molecular complexity index is 1020. The average Bonchev–Trinajstić information content (AvgIpc) is 2.96. The van der Waals surface area contributed by atoms with Crippen molar-refractivity contribution in [3.05, 3.63) is 59.5 Å². The number of rotatable bonds is 6. The minimum atomic E-state index is -3.73. The molecular formula is C19H23N5O2S. The van der Waals surface area contributed by atoms with E-state index in [2.05, 4.69) is 45.1 Å². The van der Waals surface area contributed by atoms with Gasteiger partial charge in [-0.15, -0.1) is 0 Å². The first-order chi connectivity index (χ1) is 12.8. The highest BCUT2D eigenvalue weighted by atomic mass is 32.2. The molecule has 0 aliphatic heterocycles. The van der Waals surface area contributed by atoms with E-state index in [1.807, 2.05) is 18.2 Å². The molecule has 0 saturated carbocycles. The Morgan fingerprint density at radius 1 is 1.07 bits per heavy atom. The third-order valence-electron chi connectivity index (χ3n) is 4.19. The zero-order valence-electron chi connectivity index (χ0n) is 15.7. The van der Waals surface area contributed by atoms with E-state index in [4.69, 9.17) is 0 Å². The van der Waals surface area contributed by atoms with Crippen LogP contribution < -0.4 is 10.0 Å². The van der Waals surface area contributed by atoms with Gasteiger partial charge in [0.1, 0.15) is 10.7 Å². The zero-order chi connectivity index (χ0) is 19.6. The Kier molecular flexibility index (Phi) is 5.18. The lowest BCUT2D eigenvalue weighted by Gasteiger charge is -2.14. The fourth-order valence-corrected chi connectivity index (χ4v) is 4.34. The van der Waals surface area contributed by atoms with Crippen molar-refractivity contribution in [2.75, 3.05) is 10.0 Å². The number of aryl methyl sites for hydroxylation is 2. The van der Waals surface area contributed by atoms with Gasteiger partial charge >= 0.3 is 0 Å².